The summed E-state index contributed by atoms with van der Waals surface area (Å²) in [6, 6.07) is 17.2. The molecule has 35 heavy (non-hydrogen) atoms. The summed E-state index contributed by atoms with van der Waals surface area (Å²) in [4.78, 5) is 18.3. The SMILES string of the molecule is [C-]#[N+]c1ccc(N2C(=O)N(c3ccc(C#N)cc3)C(C)(C(F)(F)F)C2(O)c2cccc(C)c2)cc1. The van der Waals surface area contributed by atoms with Crippen molar-refractivity contribution in [3.63, 3.8) is 0 Å². The Labute approximate surface area is 199 Å². The van der Waals surface area contributed by atoms with E-state index >= 15 is 13.2 Å². The van der Waals surface area contributed by atoms with Crippen LogP contribution in [0.15, 0.2) is 72.8 Å². The summed E-state index contributed by atoms with van der Waals surface area (Å²) in [5.74, 6) is 0. The molecular formula is C26H19F3N4O2. The van der Waals surface area contributed by atoms with Crippen molar-refractivity contribution >= 4 is 23.1 Å². The van der Waals surface area contributed by atoms with Gasteiger partial charge in [0.05, 0.1) is 18.2 Å². The van der Waals surface area contributed by atoms with Gasteiger partial charge in [0.2, 0.25) is 5.72 Å². The Morgan fingerprint density at radius 2 is 1.57 bits per heavy atom. The molecule has 0 bridgehead atoms. The normalized spacial score (nSPS) is 22.1. The minimum Gasteiger partial charge on any atom is -0.364 e. The van der Waals surface area contributed by atoms with Gasteiger partial charge in [-0.15, -0.1) is 0 Å². The largest absolute Gasteiger partial charge is 0.416 e. The zero-order valence-electron chi connectivity index (χ0n) is 18.7. The Kier molecular flexibility index (Phi) is 5.55. The number of aliphatic hydroxyl groups is 1. The van der Waals surface area contributed by atoms with E-state index in [2.05, 4.69) is 4.85 Å². The molecule has 6 nitrogen and oxygen atoms in total. The van der Waals surface area contributed by atoms with Crippen LogP contribution in [-0.4, -0.2) is 22.9 Å². The molecule has 0 aliphatic carbocycles. The molecule has 1 fully saturated rings. The van der Waals surface area contributed by atoms with Crippen LogP contribution in [0.5, 0.6) is 0 Å². The lowest BCUT2D eigenvalue weighted by atomic mass is 9.80. The summed E-state index contributed by atoms with van der Waals surface area (Å²) < 4.78 is 45.0. The van der Waals surface area contributed by atoms with Crippen LogP contribution in [0.4, 0.5) is 35.0 Å². The number of amides is 2. The number of hydrogen-bond donors (Lipinski definition) is 1. The number of nitrogens with zero attached hydrogens (tertiary/aromatic N) is 4. The number of nitriles is 1. The van der Waals surface area contributed by atoms with Gasteiger partial charge in [-0.2, -0.15) is 18.4 Å². The molecule has 4 rings (SSSR count). The van der Waals surface area contributed by atoms with Gasteiger partial charge in [0.25, 0.3) is 0 Å². The zero-order chi connectivity index (χ0) is 25.6. The first-order valence-corrected chi connectivity index (χ1v) is 10.5. The van der Waals surface area contributed by atoms with Crippen molar-refractivity contribution < 1.29 is 23.1 Å². The Morgan fingerprint density at radius 3 is 2.09 bits per heavy atom. The number of carbonyl (C=O) groups excluding carboxylic acids is 1. The number of carbonyl (C=O) groups is 1. The van der Waals surface area contributed by atoms with E-state index in [-0.39, 0.29) is 28.2 Å². The van der Waals surface area contributed by atoms with Crippen LogP contribution in [0.2, 0.25) is 0 Å². The lowest BCUT2D eigenvalue weighted by Crippen LogP contribution is -2.66. The minimum absolute atomic E-state index is 0.0157. The van der Waals surface area contributed by atoms with Crippen LogP contribution in [0, 0.1) is 24.8 Å². The summed E-state index contributed by atoms with van der Waals surface area (Å²) in [5.41, 5.74) is -5.29. The average Bonchev–Trinajstić information content (AvgIpc) is 3.03. The first-order valence-electron chi connectivity index (χ1n) is 10.5. The van der Waals surface area contributed by atoms with Crippen LogP contribution >= 0.6 is 0 Å². The van der Waals surface area contributed by atoms with Gasteiger partial charge in [-0.3, -0.25) is 9.80 Å². The molecule has 3 aromatic carbocycles. The molecule has 3 aromatic rings. The molecule has 2 unspecified atom stereocenters. The molecule has 0 aromatic heterocycles. The number of aryl methyl sites for hydroxylation is 1. The highest BCUT2D eigenvalue weighted by Crippen LogP contribution is 2.57. The molecule has 1 aliphatic rings. The molecule has 1 heterocycles. The monoisotopic (exact) mass is 476 g/mol. The highest BCUT2D eigenvalue weighted by atomic mass is 19.4. The fourth-order valence-electron chi connectivity index (χ4n) is 4.43. The van der Waals surface area contributed by atoms with E-state index < -0.39 is 23.5 Å². The predicted molar refractivity (Wildman–Crippen MR) is 124 cm³/mol. The smallest absolute Gasteiger partial charge is 0.364 e. The lowest BCUT2D eigenvalue weighted by Gasteiger charge is -2.45. The zero-order valence-corrected chi connectivity index (χ0v) is 18.7. The molecule has 0 saturated carbocycles. The summed E-state index contributed by atoms with van der Waals surface area (Å²) in [5, 5.41) is 21.2. The van der Waals surface area contributed by atoms with E-state index in [0.29, 0.717) is 15.4 Å². The van der Waals surface area contributed by atoms with Crippen LogP contribution in [0.25, 0.3) is 4.85 Å². The topological polar surface area (TPSA) is 71.9 Å². The van der Waals surface area contributed by atoms with Gasteiger partial charge in [0.1, 0.15) is 0 Å². The van der Waals surface area contributed by atoms with Crippen LogP contribution in [0.3, 0.4) is 0 Å². The second-order valence-corrected chi connectivity index (χ2v) is 8.35. The molecule has 9 heteroatoms. The number of halogens is 3. The summed E-state index contributed by atoms with van der Waals surface area (Å²) >= 11 is 0. The first kappa shape index (κ1) is 23.8. The second kappa shape index (κ2) is 8.15. The third-order valence-corrected chi connectivity index (χ3v) is 6.30. The maximum absolute atomic E-state index is 15.0. The molecule has 1 aliphatic heterocycles. The maximum atomic E-state index is 15.0. The summed E-state index contributed by atoms with van der Waals surface area (Å²) in [6.45, 7) is 9.58. The molecular weight excluding hydrogens is 457 g/mol. The van der Waals surface area contributed by atoms with Gasteiger partial charge in [-0.25, -0.2) is 9.64 Å². The van der Waals surface area contributed by atoms with Gasteiger partial charge < -0.3 is 5.11 Å². The standard InChI is InChI=1S/C26H19F3N4O2/c1-17-5-4-6-19(15-17)25(35)24(2,26(27,28)29)32(21-11-7-18(16-30)8-12-21)23(34)33(25)22-13-9-20(31-3)10-14-22/h4-15,35H,1-2H3. The maximum Gasteiger partial charge on any atom is 0.416 e. The first-order chi connectivity index (χ1) is 16.5. The van der Waals surface area contributed by atoms with E-state index in [4.69, 9.17) is 11.8 Å². The Hall–Kier alpha value is -4.34. The van der Waals surface area contributed by atoms with Crippen LogP contribution < -0.4 is 9.80 Å². The predicted octanol–water partition coefficient (Wildman–Crippen LogP) is 6.03. The summed E-state index contributed by atoms with van der Waals surface area (Å²) in [7, 11) is 0. The fourth-order valence-corrected chi connectivity index (χ4v) is 4.43. The van der Waals surface area contributed by atoms with Gasteiger partial charge in [-0.1, -0.05) is 42.0 Å². The van der Waals surface area contributed by atoms with E-state index in [1.165, 1.54) is 66.7 Å². The number of urea groups is 1. The quantitative estimate of drug-likeness (QED) is 0.469. The van der Waals surface area contributed by atoms with Gasteiger partial charge in [-0.05, 0) is 50.2 Å². The Morgan fingerprint density at radius 1 is 1.00 bits per heavy atom. The van der Waals surface area contributed by atoms with Gasteiger partial charge in [0, 0.05) is 16.9 Å². The number of benzene rings is 3. The van der Waals surface area contributed by atoms with E-state index in [9.17, 15) is 9.90 Å². The van der Waals surface area contributed by atoms with Crippen molar-refractivity contribution in [2.75, 3.05) is 9.80 Å². The Bertz CT molecular complexity index is 1370. The van der Waals surface area contributed by atoms with Crippen LogP contribution in [-0.2, 0) is 5.72 Å². The van der Waals surface area contributed by atoms with Crippen LogP contribution in [0.1, 0.15) is 23.6 Å². The van der Waals surface area contributed by atoms with Crippen molar-refractivity contribution in [1.29, 1.82) is 5.26 Å². The van der Waals surface area contributed by atoms with Crippen molar-refractivity contribution in [2.45, 2.75) is 31.3 Å². The minimum atomic E-state index is -5.10. The van der Waals surface area contributed by atoms with Gasteiger partial charge in [0.15, 0.2) is 11.2 Å². The van der Waals surface area contributed by atoms with Gasteiger partial charge >= 0.3 is 12.2 Å². The fraction of sp³-hybridized carbons (Fsp3) is 0.192. The number of rotatable bonds is 3. The molecule has 2 atom stereocenters. The van der Waals surface area contributed by atoms with E-state index in [1.807, 2.05) is 6.07 Å². The average molecular weight is 476 g/mol. The lowest BCUT2D eigenvalue weighted by molar-refractivity contribution is -0.227. The molecule has 1 saturated heterocycles. The highest BCUT2D eigenvalue weighted by Gasteiger charge is 2.77. The molecule has 176 valence electrons. The third-order valence-electron chi connectivity index (χ3n) is 6.30. The highest BCUT2D eigenvalue weighted by molar-refractivity contribution is 6.09. The summed E-state index contributed by atoms with van der Waals surface area (Å²) in [6.07, 6.45) is -5.10. The van der Waals surface area contributed by atoms with Crippen molar-refractivity contribution in [1.82, 2.24) is 0 Å². The number of alkyl halides is 3. The van der Waals surface area contributed by atoms with Crippen molar-refractivity contribution in [3.8, 4) is 6.07 Å². The van der Waals surface area contributed by atoms with Crippen molar-refractivity contribution in [2.24, 2.45) is 0 Å². The number of anilines is 2. The van der Waals surface area contributed by atoms with E-state index in [1.54, 1.807) is 13.0 Å². The third kappa shape index (κ3) is 3.40. The van der Waals surface area contributed by atoms with E-state index in [0.717, 1.165) is 6.92 Å². The number of hydrogen-bond acceptors (Lipinski definition) is 3. The molecule has 2 amide bonds. The second-order valence-electron chi connectivity index (χ2n) is 8.35. The molecule has 1 N–H and O–H groups in total. The molecule has 0 radical (unpaired) electrons. The van der Waals surface area contributed by atoms with Crippen molar-refractivity contribution in [3.05, 3.63) is 101 Å². The Balaban J connectivity index is 2.06. The molecule has 0 spiro atoms.